The number of fused-ring (bicyclic) bond motifs is 4. The Balaban J connectivity index is 0.923. The van der Waals surface area contributed by atoms with Crippen LogP contribution in [0.3, 0.4) is 0 Å². The smallest absolute Gasteiger partial charge is 0.00264 e. The van der Waals surface area contributed by atoms with E-state index in [0.29, 0.717) is 0 Å². The van der Waals surface area contributed by atoms with Gasteiger partial charge in [0.05, 0.1) is 0 Å². The fourth-order valence-corrected chi connectivity index (χ4v) is 8.87. The zero-order chi connectivity index (χ0) is 38.4. The maximum Gasteiger partial charge on any atom is -0.00264 e. The zero-order valence-corrected chi connectivity index (χ0v) is 31.9. The van der Waals surface area contributed by atoms with Gasteiger partial charge in [0.2, 0.25) is 0 Å². The lowest BCUT2D eigenvalue weighted by molar-refractivity contribution is 1.59. The topological polar surface area (TPSA) is 0 Å². The molecule has 0 aliphatic carbocycles. The molecule has 11 aromatic carbocycles. The zero-order valence-electron chi connectivity index (χ0n) is 31.9. The summed E-state index contributed by atoms with van der Waals surface area (Å²) in [5.74, 6) is 0. The van der Waals surface area contributed by atoms with Crippen LogP contribution in [-0.2, 0) is 0 Å². The van der Waals surface area contributed by atoms with Crippen LogP contribution in [0.4, 0.5) is 0 Å². The molecule has 11 aromatic rings. The first-order chi connectivity index (χ1) is 28.7. The highest BCUT2D eigenvalue weighted by Gasteiger charge is 2.17. The van der Waals surface area contributed by atoms with Crippen molar-refractivity contribution in [2.45, 2.75) is 0 Å². The molecular formula is C58H38. The molecule has 0 nitrogen and oxygen atoms in total. The maximum absolute atomic E-state index is 2.31. The van der Waals surface area contributed by atoms with Gasteiger partial charge in [-0.25, -0.2) is 0 Å². The van der Waals surface area contributed by atoms with E-state index in [2.05, 4.69) is 231 Å². The van der Waals surface area contributed by atoms with Crippen LogP contribution in [0.5, 0.6) is 0 Å². The molecule has 0 aromatic heterocycles. The first-order valence-electron chi connectivity index (χ1n) is 20.1. The van der Waals surface area contributed by atoms with Gasteiger partial charge in [-0.05, 0) is 128 Å². The largest absolute Gasteiger partial charge is 0.0622 e. The van der Waals surface area contributed by atoms with Crippen molar-refractivity contribution >= 4 is 43.1 Å². The Morgan fingerprint density at radius 2 is 0.414 bits per heavy atom. The molecule has 0 heterocycles. The van der Waals surface area contributed by atoms with Crippen LogP contribution in [0.25, 0.3) is 110 Å². The second-order valence-electron chi connectivity index (χ2n) is 15.3. The fourth-order valence-electron chi connectivity index (χ4n) is 8.87. The van der Waals surface area contributed by atoms with E-state index in [1.807, 2.05) is 0 Å². The van der Waals surface area contributed by atoms with Gasteiger partial charge in [-0.3, -0.25) is 0 Å². The van der Waals surface area contributed by atoms with E-state index >= 15 is 0 Å². The summed E-state index contributed by atoms with van der Waals surface area (Å²) in [6.45, 7) is 0. The molecule has 0 atom stereocenters. The molecule has 11 rings (SSSR count). The highest BCUT2D eigenvalue weighted by molar-refractivity contribution is 6.21. The lowest BCUT2D eigenvalue weighted by Crippen LogP contribution is -1.91. The van der Waals surface area contributed by atoms with Crippen LogP contribution in [0, 0.1) is 0 Å². The quantitative estimate of drug-likeness (QED) is 0.149. The molecule has 0 heteroatoms. The van der Waals surface area contributed by atoms with Crippen LogP contribution in [0.15, 0.2) is 231 Å². The highest BCUT2D eigenvalue weighted by atomic mass is 14.2. The molecule has 0 saturated carbocycles. The summed E-state index contributed by atoms with van der Waals surface area (Å²) in [5, 5.41) is 10.1. The lowest BCUT2D eigenvalue weighted by Gasteiger charge is -2.18. The molecule has 0 amide bonds. The minimum atomic E-state index is 1.21. The van der Waals surface area contributed by atoms with Crippen LogP contribution in [0.2, 0.25) is 0 Å². The van der Waals surface area contributed by atoms with Crippen molar-refractivity contribution in [3.63, 3.8) is 0 Å². The van der Waals surface area contributed by atoms with E-state index < -0.39 is 0 Å². The van der Waals surface area contributed by atoms with E-state index in [4.69, 9.17) is 0 Å². The van der Waals surface area contributed by atoms with Crippen molar-refractivity contribution in [3.8, 4) is 66.8 Å². The average molecular weight is 735 g/mol. The van der Waals surface area contributed by atoms with Crippen molar-refractivity contribution in [2.75, 3.05) is 0 Å². The number of hydrogen-bond acceptors (Lipinski definition) is 0. The van der Waals surface area contributed by atoms with Crippen LogP contribution in [0.1, 0.15) is 0 Å². The SMILES string of the molecule is c1ccc(-c2ccc3cc(-c4ccc(-c5c6ccccc6c(-c6ccc(-c7ccc(-c8ccc9ccccc9c8)cc7)cc6)c6ccccc56)cc4)ccc3c2)cc1. The summed E-state index contributed by atoms with van der Waals surface area (Å²) in [5.41, 5.74) is 14.8. The van der Waals surface area contributed by atoms with E-state index in [-0.39, 0.29) is 0 Å². The maximum atomic E-state index is 2.31. The Morgan fingerprint density at radius 3 is 0.828 bits per heavy atom. The van der Waals surface area contributed by atoms with E-state index in [1.54, 1.807) is 0 Å². The van der Waals surface area contributed by atoms with Crippen LogP contribution in [-0.4, -0.2) is 0 Å². The normalized spacial score (nSPS) is 11.4. The Hall–Kier alpha value is -7.54. The third-order valence-electron chi connectivity index (χ3n) is 11.9. The first kappa shape index (κ1) is 33.8. The monoisotopic (exact) mass is 734 g/mol. The molecule has 270 valence electrons. The van der Waals surface area contributed by atoms with E-state index in [0.717, 1.165) is 0 Å². The molecule has 0 saturated heterocycles. The van der Waals surface area contributed by atoms with Crippen LogP contribution >= 0.6 is 0 Å². The molecule has 0 fully saturated rings. The predicted octanol–water partition coefficient (Wildman–Crippen LogP) is 16.3. The van der Waals surface area contributed by atoms with Gasteiger partial charge < -0.3 is 0 Å². The van der Waals surface area contributed by atoms with Gasteiger partial charge >= 0.3 is 0 Å². The van der Waals surface area contributed by atoms with E-state index in [1.165, 1.54) is 110 Å². The highest BCUT2D eigenvalue weighted by Crippen LogP contribution is 2.44. The van der Waals surface area contributed by atoms with Gasteiger partial charge in [0.15, 0.2) is 0 Å². The summed E-state index contributed by atoms with van der Waals surface area (Å²) in [7, 11) is 0. The molecule has 0 aliphatic heterocycles. The summed E-state index contributed by atoms with van der Waals surface area (Å²) in [6, 6.07) is 84.5. The van der Waals surface area contributed by atoms with Gasteiger partial charge in [-0.2, -0.15) is 0 Å². The summed E-state index contributed by atoms with van der Waals surface area (Å²) in [6.07, 6.45) is 0. The third kappa shape index (κ3) is 6.04. The Bertz CT molecular complexity index is 3220. The van der Waals surface area contributed by atoms with Gasteiger partial charge in [-0.1, -0.05) is 212 Å². The fraction of sp³-hybridized carbons (Fsp3) is 0. The number of hydrogen-bond donors (Lipinski definition) is 0. The van der Waals surface area contributed by atoms with Crippen molar-refractivity contribution in [3.05, 3.63) is 231 Å². The van der Waals surface area contributed by atoms with Crippen molar-refractivity contribution in [1.29, 1.82) is 0 Å². The molecule has 0 aliphatic rings. The predicted molar refractivity (Wildman–Crippen MR) is 249 cm³/mol. The van der Waals surface area contributed by atoms with Gasteiger partial charge in [0.1, 0.15) is 0 Å². The summed E-state index contributed by atoms with van der Waals surface area (Å²) in [4.78, 5) is 0. The molecular weight excluding hydrogens is 697 g/mol. The van der Waals surface area contributed by atoms with Crippen molar-refractivity contribution in [1.82, 2.24) is 0 Å². The van der Waals surface area contributed by atoms with Gasteiger partial charge in [0, 0.05) is 0 Å². The summed E-state index contributed by atoms with van der Waals surface area (Å²) >= 11 is 0. The first-order valence-corrected chi connectivity index (χ1v) is 20.1. The molecule has 58 heavy (non-hydrogen) atoms. The third-order valence-corrected chi connectivity index (χ3v) is 11.9. The van der Waals surface area contributed by atoms with Gasteiger partial charge in [0.25, 0.3) is 0 Å². The molecule has 0 unspecified atom stereocenters. The summed E-state index contributed by atoms with van der Waals surface area (Å²) < 4.78 is 0. The van der Waals surface area contributed by atoms with Crippen molar-refractivity contribution < 1.29 is 0 Å². The second-order valence-corrected chi connectivity index (χ2v) is 15.3. The molecule has 0 spiro atoms. The number of rotatable bonds is 6. The van der Waals surface area contributed by atoms with E-state index in [9.17, 15) is 0 Å². The molecule has 0 N–H and O–H groups in total. The second kappa shape index (κ2) is 14.2. The van der Waals surface area contributed by atoms with Gasteiger partial charge in [-0.15, -0.1) is 0 Å². The van der Waals surface area contributed by atoms with Crippen LogP contribution < -0.4 is 0 Å². The minimum Gasteiger partial charge on any atom is -0.0622 e. The average Bonchev–Trinajstić information content (AvgIpc) is 3.31. The number of benzene rings is 11. The Labute approximate surface area is 339 Å². The van der Waals surface area contributed by atoms with Crippen molar-refractivity contribution in [2.24, 2.45) is 0 Å². The Kier molecular flexibility index (Phi) is 8.26. The Morgan fingerprint density at radius 1 is 0.155 bits per heavy atom. The lowest BCUT2D eigenvalue weighted by atomic mass is 9.85. The standard InChI is InChI=1S/C58H38/c1-2-10-39(11-3-1)48-32-34-52-38-50(33-35-51(52)37-48)44-24-29-46(30-25-44)58-55-16-8-6-14-53(55)57(54-15-7-9-17-56(54)58)45-27-22-42(23-28-45)41-18-20-43(21-19-41)49-31-26-40-12-4-5-13-47(40)36-49/h1-38H. The minimum absolute atomic E-state index is 1.21. The molecule has 0 bridgehead atoms. The molecule has 0 radical (unpaired) electrons.